The van der Waals surface area contributed by atoms with Crippen molar-refractivity contribution in [2.24, 2.45) is 4.99 Å². The molecule has 1 heterocycles. The number of unbranched alkanes of at least 4 members (excludes halogenated alkanes) is 11. The summed E-state index contributed by atoms with van der Waals surface area (Å²) in [6.45, 7) is 6.16. The molecule has 4 nitrogen and oxygen atoms in total. The molecule has 4 heteroatoms. The molecule has 27 heavy (non-hydrogen) atoms. The second-order valence-corrected chi connectivity index (χ2v) is 8.17. The predicted molar refractivity (Wildman–Crippen MR) is 116 cm³/mol. The van der Waals surface area contributed by atoms with Crippen LogP contribution in [0.5, 0.6) is 0 Å². The summed E-state index contributed by atoms with van der Waals surface area (Å²) in [5, 5.41) is 9.18. The molecule has 0 aliphatic carbocycles. The van der Waals surface area contributed by atoms with Crippen LogP contribution in [-0.2, 0) is 4.79 Å². The first-order chi connectivity index (χ1) is 13.2. The number of hydrogen-bond donors (Lipinski definition) is 1. The molecule has 1 aliphatic heterocycles. The van der Waals surface area contributed by atoms with Gasteiger partial charge in [-0.2, -0.15) is 0 Å². The highest BCUT2D eigenvalue weighted by atomic mass is 16.4. The highest BCUT2D eigenvalue weighted by Gasteiger charge is 2.26. The smallest absolute Gasteiger partial charge is 0.305 e. The number of carbonyl (C=O) groups is 1. The van der Waals surface area contributed by atoms with Gasteiger partial charge in [-0.1, -0.05) is 90.9 Å². The van der Waals surface area contributed by atoms with Crippen LogP contribution >= 0.6 is 0 Å². The minimum atomic E-state index is -0.690. The quantitative estimate of drug-likeness (QED) is 0.279. The van der Waals surface area contributed by atoms with Gasteiger partial charge in [0.15, 0.2) is 0 Å². The number of hydrogen-bond acceptors (Lipinski definition) is 3. The van der Waals surface area contributed by atoms with Crippen molar-refractivity contribution < 1.29 is 9.90 Å². The van der Waals surface area contributed by atoms with E-state index >= 15 is 0 Å². The predicted octanol–water partition coefficient (Wildman–Crippen LogP) is 6.44. The number of carboxylic acids is 1. The fourth-order valence-corrected chi connectivity index (χ4v) is 4.15. The zero-order valence-corrected chi connectivity index (χ0v) is 18.1. The van der Waals surface area contributed by atoms with Gasteiger partial charge in [0.2, 0.25) is 0 Å². The molecule has 1 unspecified atom stereocenters. The van der Waals surface area contributed by atoms with Crippen LogP contribution in [-0.4, -0.2) is 40.9 Å². The van der Waals surface area contributed by atoms with E-state index in [-0.39, 0.29) is 12.5 Å². The molecule has 0 spiro atoms. The van der Waals surface area contributed by atoms with Gasteiger partial charge in [-0.05, 0) is 12.8 Å². The van der Waals surface area contributed by atoms with E-state index in [1.807, 2.05) is 0 Å². The second kappa shape index (κ2) is 15.9. The van der Waals surface area contributed by atoms with Crippen molar-refractivity contribution in [3.63, 3.8) is 0 Å². The highest BCUT2D eigenvalue weighted by Crippen LogP contribution is 2.19. The Hall–Kier alpha value is -1.06. The zero-order valence-electron chi connectivity index (χ0n) is 18.1. The lowest BCUT2D eigenvalue weighted by Gasteiger charge is -2.29. The van der Waals surface area contributed by atoms with Crippen molar-refractivity contribution >= 4 is 11.8 Å². The first-order valence-electron chi connectivity index (χ1n) is 11.7. The van der Waals surface area contributed by atoms with E-state index in [1.54, 1.807) is 0 Å². The van der Waals surface area contributed by atoms with Crippen LogP contribution in [0.15, 0.2) is 4.99 Å². The summed E-state index contributed by atoms with van der Waals surface area (Å²) in [4.78, 5) is 18.1. The van der Waals surface area contributed by atoms with Crippen LogP contribution in [0.1, 0.15) is 117 Å². The average molecular weight is 381 g/mol. The van der Waals surface area contributed by atoms with Gasteiger partial charge >= 0.3 is 5.97 Å². The lowest BCUT2D eigenvalue weighted by atomic mass is 10.0. The Kier molecular flexibility index (Phi) is 14.2. The van der Waals surface area contributed by atoms with Crippen molar-refractivity contribution in [2.75, 3.05) is 13.1 Å². The van der Waals surface area contributed by atoms with E-state index in [0.29, 0.717) is 0 Å². The maximum Gasteiger partial charge on any atom is 0.305 e. The summed E-state index contributed by atoms with van der Waals surface area (Å²) in [5.74, 6) is 0.479. The number of amidine groups is 1. The Morgan fingerprint density at radius 3 is 2.00 bits per heavy atom. The van der Waals surface area contributed by atoms with Gasteiger partial charge in [0, 0.05) is 19.0 Å². The molecular formula is C23H44N2O2. The van der Waals surface area contributed by atoms with Gasteiger partial charge in [0.25, 0.3) is 0 Å². The summed E-state index contributed by atoms with van der Waals surface area (Å²) >= 11 is 0. The van der Waals surface area contributed by atoms with Crippen molar-refractivity contribution in [1.29, 1.82) is 0 Å². The second-order valence-electron chi connectivity index (χ2n) is 8.17. The third-order valence-electron chi connectivity index (χ3n) is 5.69. The minimum absolute atomic E-state index is 0.131. The van der Waals surface area contributed by atoms with Crippen molar-refractivity contribution in [3.05, 3.63) is 0 Å². The highest BCUT2D eigenvalue weighted by molar-refractivity contribution is 5.84. The first-order valence-corrected chi connectivity index (χ1v) is 11.7. The minimum Gasteiger partial charge on any atom is -0.481 e. The van der Waals surface area contributed by atoms with E-state index in [4.69, 9.17) is 0 Å². The van der Waals surface area contributed by atoms with Gasteiger partial charge in [-0.3, -0.25) is 9.79 Å². The van der Waals surface area contributed by atoms with Crippen LogP contribution in [0, 0.1) is 0 Å². The molecular weight excluding hydrogens is 336 g/mol. The normalized spacial score (nSPS) is 15.2. The van der Waals surface area contributed by atoms with Gasteiger partial charge in [-0.25, -0.2) is 0 Å². The first kappa shape index (κ1) is 24.0. The zero-order chi connectivity index (χ0) is 19.7. The van der Waals surface area contributed by atoms with Crippen LogP contribution < -0.4 is 0 Å². The molecule has 0 aromatic carbocycles. The van der Waals surface area contributed by atoms with E-state index in [0.717, 1.165) is 32.4 Å². The fourth-order valence-electron chi connectivity index (χ4n) is 4.15. The Morgan fingerprint density at radius 2 is 1.48 bits per heavy atom. The number of carboxylic acid groups (broad SMARTS) is 1. The monoisotopic (exact) mass is 380 g/mol. The SMILES string of the molecule is CCCCCCCCCCCCCCC1=NCCN1C(CCC)CC(=O)O. The largest absolute Gasteiger partial charge is 0.481 e. The molecule has 0 fully saturated rings. The fraction of sp³-hybridized carbons (Fsp3) is 0.913. The van der Waals surface area contributed by atoms with Crippen molar-refractivity contribution in [3.8, 4) is 0 Å². The molecule has 0 radical (unpaired) electrons. The molecule has 1 atom stereocenters. The molecule has 0 saturated carbocycles. The molecule has 1 rings (SSSR count). The van der Waals surface area contributed by atoms with Crippen molar-refractivity contribution in [1.82, 2.24) is 4.90 Å². The standard InChI is InChI=1S/C23H44N2O2/c1-3-5-6-7-8-9-10-11-12-13-14-15-17-22-24-18-19-25(22)21(16-4-2)20-23(26)27/h21H,3-20H2,1-2H3,(H,26,27). The summed E-state index contributed by atoms with van der Waals surface area (Å²) in [5.41, 5.74) is 0. The van der Waals surface area contributed by atoms with Crippen LogP contribution in [0.3, 0.4) is 0 Å². The number of aliphatic imine (C=N–C) groups is 1. The third kappa shape index (κ3) is 11.4. The third-order valence-corrected chi connectivity index (χ3v) is 5.69. The van der Waals surface area contributed by atoms with Crippen molar-refractivity contribution in [2.45, 2.75) is 123 Å². The van der Waals surface area contributed by atoms with E-state index in [9.17, 15) is 9.90 Å². The molecule has 1 N–H and O–H groups in total. The van der Waals surface area contributed by atoms with Gasteiger partial charge in [0.1, 0.15) is 0 Å². The summed E-state index contributed by atoms with van der Waals surface area (Å²) < 4.78 is 0. The lowest BCUT2D eigenvalue weighted by Crippen LogP contribution is -2.39. The Balaban J connectivity index is 2.07. The Bertz CT molecular complexity index is 409. The Morgan fingerprint density at radius 1 is 0.926 bits per heavy atom. The lowest BCUT2D eigenvalue weighted by molar-refractivity contribution is -0.138. The maximum absolute atomic E-state index is 11.2. The molecule has 0 aromatic rings. The maximum atomic E-state index is 11.2. The van der Waals surface area contributed by atoms with Crippen LogP contribution in [0.4, 0.5) is 0 Å². The summed E-state index contributed by atoms with van der Waals surface area (Å²) in [7, 11) is 0. The molecule has 0 aromatic heterocycles. The Labute approximate surface area is 167 Å². The molecule has 0 saturated heterocycles. The van der Waals surface area contributed by atoms with E-state index in [1.165, 1.54) is 82.9 Å². The van der Waals surface area contributed by atoms with E-state index in [2.05, 4.69) is 23.7 Å². The molecule has 1 aliphatic rings. The number of nitrogens with zero attached hydrogens (tertiary/aromatic N) is 2. The van der Waals surface area contributed by atoms with Crippen LogP contribution in [0.2, 0.25) is 0 Å². The van der Waals surface area contributed by atoms with Gasteiger partial charge in [0.05, 0.1) is 18.8 Å². The van der Waals surface area contributed by atoms with Crippen LogP contribution in [0.25, 0.3) is 0 Å². The van der Waals surface area contributed by atoms with E-state index < -0.39 is 5.97 Å². The molecule has 158 valence electrons. The summed E-state index contributed by atoms with van der Waals surface area (Å²) in [6.07, 6.45) is 19.6. The van der Waals surface area contributed by atoms with Gasteiger partial charge < -0.3 is 10.0 Å². The van der Waals surface area contributed by atoms with Gasteiger partial charge in [-0.15, -0.1) is 0 Å². The molecule has 0 bridgehead atoms. The summed E-state index contributed by atoms with van der Waals surface area (Å²) in [6, 6.07) is 0.131. The topological polar surface area (TPSA) is 52.9 Å². The number of rotatable bonds is 18. The molecule has 0 amide bonds. The number of aliphatic carboxylic acids is 1. The average Bonchev–Trinajstić information content (AvgIpc) is 3.10.